The second-order valence-corrected chi connectivity index (χ2v) is 5.15. The van der Waals surface area contributed by atoms with Crippen molar-refractivity contribution in [3.63, 3.8) is 0 Å². The average molecular weight is 306 g/mol. The standard InChI is InChI=1S/C16H16ClNO3/c17-13-4-2-1-3-12(13)16(8-18)19-9-11-5-6-14-15(7-11)21-10-20-14/h1-7,16H,8-10,18H2. The zero-order valence-electron chi connectivity index (χ0n) is 11.4. The average Bonchev–Trinajstić information content (AvgIpc) is 2.97. The first-order valence-corrected chi connectivity index (χ1v) is 7.10. The van der Waals surface area contributed by atoms with E-state index in [-0.39, 0.29) is 12.9 Å². The Hall–Kier alpha value is -1.75. The van der Waals surface area contributed by atoms with Gasteiger partial charge in [-0.1, -0.05) is 35.9 Å². The highest BCUT2D eigenvalue weighted by Crippen LogP contribution is 2.33. The van der Waals surface area contributed by atoms with Crippen LogP contribution in [0.1, 0.15) is 17.2 Å². The molecule has 3 rings (SSSR count). The van der Waals surface area contributed by atoms with E-state index in [0.717, 1.165) is 22.6 Å². The first-order chi connectivity index (χ1) is 10.3. The number of fused-ring (bicyclic) bond motifs is 1. The van der Waals surface area contributed by atoms with Gasteiger partial charge < -0.3 is 19.9 Å². The largest absolute Gasteiger partial charge is 0.454 e. The maximum Gasteiger partial charge on any atom is 0.231 e. The van der Waals surface area contributed by atoms with Crippen LogP contribution in [0.25, 0.3) is 0 Å². The number of benzene rings is 2. The third-order valence-electron chi connectivity index (χ3n) is 3.35. The minimum absolute atomic E-state index is 0.232. The van der Waals surface area contributed by atoms with E-state index in [0.29, 0.717) is 18.2 Å². The summed E-state index contributed by atoms with van der Waals surface area (Å²) in [6.07, 6.45) is -0.232. The van der Waals surface area contributed by atoms with Crippen LogP contribution < -0.4 is 15.2 Å². The summed E-state index contributed by atoms with van der Waals surface area (Å²) in [6.45, 7) is 1.07. The molecule has 110 valence electrons. The van der Waals surface area contributed by atoms with Gasteiger partial charge in [0.25, 0.3) is 0 Å². The van der Waals surface area contributed by atoms with Crippen LogP contribution in [-0.2, 0) is 11.3 Å². The molecule has 0 bridgehead atoms. The normalized spacial score (nSPS) is 14.2. The van der Waals surface area contributed by atoms with Crippen LogP contribution >= 0.6 is 11.6 Å². The lowest BCUT2D eigenvalue weighted by Crippen LogP contribution is -2.16. The highest BCUT2D eigenvalue weighted by atomic mass is 35.5. The quantitative estimate of drug-likeness (QED) is 0.921. The van der Waals surface area contributed by atoms with Crippen molar-refractivity contribution in [3.05, 3.63) is 58.6 Å². The van der Waals surface area contributed by atoms with Crippen molar-refractivity contribution >= 4 is 11.6 Å². The van der Waals surface area contributed by atoms with Gasteiger partial charge in [-0.3, -0.25) is 0 Å². The lowest BCUT2D eigenvalue weighted by Gasteiger charge is -2.17. The Morgan fingerprint density at radius 3 is 2.76 bits per heavy atom. The lowest BCUT2D eigenvalue weighted by atomic mass is 10.1. The molecule has 0 fully saturated rings. The van der Waals surface area contributed by atoms with E-state index < -0.39 is 0 Å². The molecule has 5 heteroatoms. The van der Waals surface area contributed by atoms with Gasteiger partial charge in [-0.05, 0) is 23.8 Å². The maximum atomic E-state index is 6.18. The zero-order chi connectivity index (χ0) is 14.7. The first kappa shape index (κ1) is 14.2. The number of nitrogens with two attached hydrogens (primary N) is 1. The van der Waals surface area contributed by atoms with Crippen LogP contribution in [-0.4, -0.2) is 13.3 Å². The molecule has 2 aromatic rings. The number of hydrogen-bond acceptors (Lipinski definition) is 4. The van der Waals surface area contributed by atoms with Gasteiger partial charge in [-0.25, -0.2) is 0 Å². The molecule has 1 aliphatic rings. The molecule has 0 amide bonds. The first-order valence-electron chi connectivity index (χ1n) is 6.72. The van der Waals surface area contributed by atoms with Gasteiger partial charge in [-0.15, -0.1) is 0 Å². The summed E-state index contributed by atoms with van der Waals surface area (Å²) >= 11 is 6.18. The Kier molecular flexibility index (Phi) is 4.29. The monoisotopic (exact) mass is 305 g/mol. The lowest BCUT2D eigenvalue weighted by molar-refractivity contribution is 0.0456. The number of hydrogen-bond donors (Lipinski definition) is 1. The minimum atomic E-state index is -0.232. The van der Waals surface area contributed by atoms with Crippen molar-refractivity contribution in [2.24, 2.45) is 5.73 Å². The molecule has 0 aromatic heterocycles. The highest BCUT2D eigenvalue weighted by molar-refractivity contribution is 6.31. The van der Waals surface area contributed by atoms with Gasteiger partial charge in [0.15, 0.2) is 11.5 Å². The molecule has 0 saturated heterocycles. The third-order valence-corrected chi connectivity index (χ3v) is 3.70. The molecule has 21 heavy (non-hydrogen) atoms. The van der Waals surface area contributed by atoms with E-state index in [2.05, 4.69) is 0 Å². The fourth-order valence-corrected chi connectivity index (χ4v) is 2.51. The topological polar surface area (TPSA) is 53.7 Å². The summed E-state index contributed by atoms with van der Waals surface area (Å²) in [5.41, 5.74) is 7.71. The molecule has 1 atom stereocenters. The molecular formula is C16H16ClNO3. The molecule has 1 unspecified atom stereocenters. The summed E-state index contributed by atoms with van der Waals surface area (Å²) in [6, 6.07) is 13.3. The van der Waals surface area contributed by atoms with Crippen LogP contribution in [0, 0.1) is 0 Å². The summed E-state index contributed by atoms with van der Waals surface area (Å²) in [7, 11) is 0. The van der Waals surface area contributed by atoms with Gasteiger partial charge in [0.1, 0.15) is 0 Å². The second-order valence-electron chi connectivity index (χ2n) is 4.74. The number of halogens is 1. The van der Waals surface area contributed by atoms with E-state index in [1.807, 2.05) is 42.5 Å². The van der Waals surface area contributed by atoms with Crippen molar-refractivity contribution in [1.82, 2.24) is 0 Å². The minimum Gasteiger partial charge on any atom is -0.454 e. The molecule has 4 nitrogen and oxygen atoms in total. The Morgan fingerprint density at radius 1 is 1.14 bits per heavy atom. The molecular weight excluding hydrogens is 290 g/mol. The van der Waals surface area contributed by atoms with E-state index in [1.54, 1.807) is 0 Å². The van der Waals surface area contributed by atoms with Crippen LogP contribution in [0.5, 0.6) is 11.5 Å². The van der Waals surface area contributed by atoms with Crippen LogP contribution in [0.15, 0.2) is 42.5 Å². The van der Waals surface area contributed by atoms with Gasteiger partial charge in [0.05, 0.1) is 12.7 Å². The number of rotatable bonds is 5. The third kappa shape index (κ3) is 3.13. The van der Waals surface area contributed by atoms with Crippen LogP contribution in [0.4, 0.5) is 0 Å². The van der Waals surface area contributed by atoms with Gasteiger partial charge in [0.2, 0.25) is 6.79 Å². The molecule has 0 aliphatic carbocycles. The molecule has 1 aliphatic heterocycles. The smallest absolute Gasteiger partial charge is 0.231 e. The maximum absolute atomic E-state index is 6.18. The zero-order valence-corrected chi connectivity index (χ0v) is 12.2. The van der Waals surface area contributed by atoms with Crippen molar-refractivity contribution in [3.8, 4) is 11.5 Å². The van der Waals surface area contributed by atoms with Gasteiger partial charge in [-0.2, -0.15) is 0 Å². The van der Waals surface area contributed by atoms with Crippen molar-refractivity contribution in [2.45, 2.75) is 12.7 Å². The highest BCUT2D eigenvalue weighted by Gasteiger charge is 2.16. The Morgan fingerprint density at radius 2 is 1.95 bits per heavy atom. The van der Waals surface area contributed by atoms with E-state index in [9.17, 15) is 0 Å². The molecule has 2 N–H and O–H groups in total. The SMILES string of the molecule is NCC(OCc1ccc2c(c1)OCO2)c1ccccc1Cl. The fraction of sp³-hybridized carbons (Fsp3) is 0.250. The fourth-order valence-electron chi connectivity index (χ4n) is 2.25. The summed E-state index contributed by atoms with van der Waals surface area (Å²) < 4.78 is 16.5. The van der Waals surface area contributed by atoms with Crippen molar-refractivity contribution < 1.29 is 14.2 Å². The van der Waals surface area contributed by atoms with Crippen LogP contribution in [0.2, 0.25) is 5.02 Å². The summed E-state index contributed by atoms with van der Waals surface area (Å²) in [5, 5.41) is 0.665. The van der Waals surface area contributed by atoms with E-state index in [1.165, 1.54) is 0 Å². The molecule has 1 heterocycles. The predicted octanol–water partition coefficient (Wildman–Crippen LogP) is 3.29. The van der Waals surface area contributed by atoms with Crippen molar-refractivity contribution in [1.29, 1.82) is 0 Å². The molecule has 0 radical (unpaired) electrons. The van der Waals surface area contributed by atoms with Crippen molar-refractivity contribution in [2.75, 3.05) is 13.3 Å². The molecule has 0 saturated carbocycles. The number of ether oxygens (including phenoxy) is 3. The van der Waals surface area contributed by atoms with Gasteiger partial charge in [0, 0.05) is 17.1 Å². The molecule has 2 aromatic carbocycles. The Labute approximate surface area is 128 Å². The van der Waals surface area contributed by atoms with Crippen LogP contribution in [0.3, 0.4) is 0 Å². The summed E-state index contributed by atoms with van der Waals surface area (Å²) in [5.74, 6) is 1.51. The Bertz CT molecular complexity index is 633. The second kappa shape index (κ2) is 6.35. The van der Waals surface area contributed by atoms with E-state index >= 15 is 0 Å². The summed E-state index contributed by atoms with van der Waals surface area (Å²) in [4.78, 5) is 0. The van der Waals surface area contributed by atoms with E-state index in [4.69, 9.17) is 31.5 Å². The molecule has 0 spiro atoms. The van der Waals surface area contributed by atoms with Gasteiger partial charge >= 0.3 is 0 Å². The predicted molar refractivity (Wildman–Crippen MR) is 80.6 cm³/mol. The Balaban J connectivity index is 1.70.